The maximum absolute atomic E-state index is 12.8. The molecular formula is C26H32N6O4S. The zero-order valence-electron chi connectivity index (χ0n) is 20.7. The number of benzene rings is 1. The molecule has 2 aliphatic rings. The Kier molecular flexibility index (Phi) is 7.54. The number of hydrogen-bond acceptors (Lipinski definition) is 8. The van der Waals surface area contributed by atoms with E-state index in [1.165, 1.54) is 6.33 Å². The van der Waals surface area contributed by atoms with Crippen molar-refractivity contribution < 1.29 is 18.3 Å². The van der Waals surface area contributed by atoms with Gasteiger partial charge in [-0.15, -0.1) is 0 Å². The van der Waals surface area contributed by atoms with Crippen molar-refractivity contribution in [1.82, 2.24) is 24.4 Å². The predicted molar refractivity (Wildman–Crippen MR) is 141 cm³/mol. The van der Waals surface area contributed by atoms with Crippen molar-refractivity contribution in [3.8, 4) is 0 Å². The lowest BCUT2D eigenvalue weighted by Gasteiger charge is -2.27. The van der Waals surface area contributed by atoms with Gasteiger partial charge in [0.05, 0.1) is 24.2 Å². The molecule has 5 rings (SSSR count). The Morgan fingerprint density at radius 3 is 2.70 bits per heavy atom. The third-order valence-electron chi connectivity index (χ3n) is 7.08. The van der Waals surface area contributed by atoms with Crippen LogP contribution >= 0.6 is 0 Å². The number of nitrogens with zero attached hydrogens (tertiary/aromatic N) is 5. The lowest BCUT2D eigenvalue weighted by molar-refractivity contribution is -0.126. The standard InChI is InChI=1S/C26H32N6O4S/c33-18-23(20-6-2-1-3-7-20)29-26-25-22-9-11-31(16-21(22)17-32(25)28-19-27-26)24(34)8-4-5-10-30-12-14-37(35,36)15-13-30/h1-4,6-8,17,19,23,33H,5,9-16,18H2,(H,27,28,29)/b8-4+/t23-/m1/s1. The molecule has 0 unspecified atom stereocenters. The van der Waals surface area contributed by atoms with Crippen molar-refractivity contribution >= 4 is 27.1 Å². The first-order chi connectivity index (χ1) is 17.9. The Morgan fingerprint density at radius 2 is 1.95 bits per heavy atom. The lowest BCUT2D eigenvalue weighted by Crippen LogP contribution is -2.40. The number of rotatable bonds is 8. The van der Waals surface area contributed by atoms with E-state index in [1.807, 2.05) is 47.5 Å². The van der Waals surface area contributed by atoms with Crippen molar-refractivity contribution in [3.63, 3.8) is 0 Å². The van der Waals surface area contributed by atoms with Gasteiger partial charge in [0.15, 0.2) is 15.7 Å². The van der Waals surface area contributed by atoms with Crippen LogP contribution in [0.2, 0.25) is 0 Å². The van der Waals surface area contributed by atoms with E-state index >= 15 is 0 Å². The first-order valence-electron chi connectivity index (χ1n) is 12.6. The minimum atomic E-state index is -2.88. The molecule has 2 aliphatic heterocycles. The highest BCUT2D eigenvalue weighted by molar-refractivity contribution is 7.91. The summed E-state index contributed by atoms with van der Waals surface area (Å²) in [6.07, 6.45) is 8.33. The Labute approximate surface area is 216 Å². The highest BCUT2D eigenvalue weighted by atomic mass is 32.2. The highest BCUT2D eigenvalue weighted by Crippen LogP contribution is 2.30. The van der Waals surface area contributed by atoms with Crippen molar-refractivity contribution in [3.05, 3.63) is 71.7 Å². The van der Waals surface area contributed by atoms with Gasteiger partial charge < -0.3 is 20.2 Å². The quantitative estimate of drug-likeness (QED) is 0.425. The van der Waals surface area contributed by atoms with E-state index < -0.39 is 9.84 Å². The first-order valence-corrected chi connectivity index (χ1v) is 14.4. The normalized spacial score (nSPS) is 18.7. The summed E-state index contributed by atoms with van der Waals surface area (Å²) in [5, 5.41) is 17.7. The Balaban J connectivity index is 1.23. The number of sulfone groups is 1. The summed E-state index contributed by atoms with van der Waals surface area (Å²) in [6, 6.07) is 9.45. The van der Waals surface area contributed by atoms with Crippen LogP contribution in [0.25, 0.3) is 5.52 Å². The van der Waals surface area contributed by atoms with Gasteiger partial charge in [-0.3, -0.25) is 4.79 Å². The largest absolute Gasteiger partial charge is 0.394 e. The van der Waals surface area contributed by atoms with Crippen LogP contribution in [0.5, 0.6) is 0 Å². The molecule has 1 amide bonds. The molecule has 11 heteroatoms. The van der Waals surface area contributed by atoms with Crippen molar-refractivity contribution in [1.29, 1.82) is 0 Å². The number of anilines is 1. The van der Waals surface area contributed by atoms with E-state index in [-0.39, 0.29) is 30.1 Å². The van der Waals surface area contributed by atoms with E-state index in [2.05, 4.69) is 20.3 Å². The molecule has 0 spiro atoms. The fourth-order valence-corrected chi connectivity index (χ4v) is 6.25. The van der Waals surface area contributed by atoms with E-state index in [0.717, 1.165) is 28.8 Å². The van der Waals surface area contributed by atoms with Crippen LogP contribution in [0, 0.1) is 0 Å². The predicted octanol–water partition coefficient (Wildman–Crippen LogP) is 1.44. The van der Waals surface area contributed by atoms with Crippen LogP contribution in [-0.4, -0.2) is 88.1 Å². The summed E-state index contributed by atoms with van der Waals surface area (Å²) in [5.74, 6) is 1.05. The second-order valence-corrected chi connectivity index (χ2v) is 11.8. The van der Waals surface area contributed by atoms with E-state index in [4.69, 9.17) is 0 Å². The summed E-state index contributed by atoms with van der Waals surface area (Å²) in [6.45, 7) is 2.88. The molecule has 2 aromatic heterocycles. The van der Waals surface area contributed by atoms with E-state index in [9.17, 15) is 18.3 Å². The number of fused-ring (bicyclic) bond motifs is 3. The molecule has 0 saturated carbocycles. The third kappa shape index (κ3) is 5.84. The molecule has 0 bridgehead atoms. The topological polar surface area (TPSA) is 120 Å². The molecule has 1 aromatic carbocycles. The lowest BCUT2D eigenvalue weighted by atomic mass is 10.0. The van der Waals surface area contributed by atoms with Gasteiger partial charge in [0.1, 0.15) is 11.8 Å². The van der Waals surface area contributed by atoms with Crippen LogP contribution in [0.4, 0.5) is 5.82 Å². The number of aromatic nitrogens is 3. The molecule has 0 radical (unpaired) electrons. The fraction of sp³-hybridized carbons (Fsp3) is 0.423. The number of aliphatic hydroxyl groups is 1. The summed E-state index contributed by atoms with van der Waals surface area (Å²) in [5.41, 5.74) is 3.99. The summed E-state index contributed by atoms with van der Waals surface area (Å²) < 4.78 is 24.9. The van der Waals surface area contributed by atoms with Gasteiger partial charge in [0.2, 0.25) is 5.91 Å². The molecule has 0 aliphatic carbocycles. The monoisotopic (exact) mass is 524 g/mol. The average molecular weight is 525 g/mol. The number of nitrogens with one attached hydrogen (secondary N) is 1. The van der Waals surface area contributed by atoms with Crippen LogP contribution in [0.15, 0.2) is 55.0 Å². The van der Waals surface area contributed by atoms with Gasteiger partial charge >= 0.3 is 0 Å². The van der Waals surface area contributed by atoms with Gasteiger partial charge in [-0.05, 0) is 35.6 Å². The number of carbonyl (C=O) groups excluding carboxylic acids is 1. The van der Waals surface area contributed by atoms with Gasteiger partial charge in [-0.1, -0.05) is 36.4 Å². The maximum Gasteiger partial charge on any atom is 0.246 e. The molecule has 1 atom stereocenters. The SMILES string of the molecule is O=C(/C=C/CCN1CCS(=O)(=O)CC1)N1CCc2c(cn3ncnc(N[C@H](CO)c4ccccc4)c23)C1. The van der Waals surface area contributed by atoms with Crippen molar-refractivity contribution in [2.75, 3.05) is 49.6 Å². The van der Waals surface area contributed by atoms with Crippen LogP contribution in [-0.2, 0) is 27.6 Å². The highest BCUT2D eigenvalue weighted by Gasteiger charge is 2.26. The number of carbonyl (C=O) groups is 1. The molecular weight excluding hydrogens is 492 g/mol. The van der Waals surface area contributed by atoms with Gasteiger partial charge in [0.25, 0.3) is 0 Å². The van der Waals surface area contributed by atoms with Crippen LogP contribution in [0.3, 0.4) is 0 Å². The van der Waals surface area contributed by atoms with Crippen molar-refractivity contribution in [2.45, 2.75) is 25.4 Å². The van der Waals surface area contributed by atoms with Gasteiger partial charge in [-0.2, -0.15) is 5.10 Å². The Hall–Kier alpha value is -3.28. The minimum Gasteiger partial charge on any atom is -0.394 e. The second kappa shape index (κ2) is 11.0. The number of hydrogen-bond donors (Lipinski definition) is 2. The van der Waals surface area contributed by atoms with Crippen molar-refractivity contribution in [2.24, 2.45) is 0 Å². The fourth-order valence-electron chi connectivity index (χ4n) is 4.97. The van der Waals surface area contributed by atoms with E-state index in [1.54, 1.807) is 10.6 Å². The zero-order valence-corrected chi connectivity index (χ0v) is 21.5. The van der Waals surface area contributed by atoms with Crippen LogP contribution < -0.4 is 5.32 Å². The van der Waals surface area contributed by atoms with Gasteiger partial charge in [0, 0.05) is 38.9 Å². The molecule has 2 N–H and O–H groups in total. The second-order valence-electron chi connectivity index (χ2n) is 9.52. The molecule has 37 heavy (non-hydrogen) atoms. The summed E-state index contributed by atoms with van der Waals surface area (Å²) in [7, 11) is -2.88. The van der Waals surface area contributed by atoms with Crippen LogP contribution in [0.1, 0.15) is 29.2 Å². The van der Waals surface area contributed by atoms with Gasteiger partial charge in [-0.25, -0.2) is 17.9 Å². The maximum atomic E-state index is 12.8. The Bertz CT molecular complexity index is 1370. The Morgan fingerprint density at radius 1 is 1.16 bits per heavy atom. The molecule has 10 nitrogen and oxygen atoms in total. The van der Waals surface area contributed by atoms with E-state index in [0.29, 0.717) is 44.8 Å². The molecule has 3 aromatic rings. The summed E-state index contributed by atoms with van der Waals surface area (Å²) >= 11 is 0. The average Bonchev–Trinajstić information content (AvgIpc) is 3.29. The minimum absolute atomic E-state index is 0.0315. The smallest absolute Gasteiger partial charge is 0.246 e. The third-order valence-corrected chi connectivity index (χ3v) is 8.69. The number of amides is 1. The molecule has 4 heterocycles. The molecule has 196 valence electrons. The zero-order chi connectivity index (χ0) is 25.8. The molecule has 1 saturated heterocycles. The first kappa shape index (κ1) is 25.4. The summed E-state index contributed by atoms with van der Waals surface area (Å²) in [4.78, 5) is 21.3. The molecule has 1 fully saturated rings. The number of aliphatic hydroxyl groups excluding tert-OH is 1.